The van der Waals surface area contributed by atoms with Crippen LogP contribution in [0.2, 0.25) is 0 Å². The van der Waals surface area contributed by atoms with Gasteiger partial charge in [0.1, 0.15) is 5.65 Å². The maximum absolute atomic E-state index is 12.3. The molecular weight excluding hydrogens is 378 g/mol. The van der Waals surface area contributed by atoms with E-state index in [4.69, 9.17) is 0 Å². The fourth-order valence-electron chi connectivity index (χ4n) is 3.96. The van der Waals surface area contributed by atoms with Gasteiger partial charge < -0.3 is 14.5 Å². The van der Waals surface area contributed by atoms with Gasteiger partial charge in [0.2, 0.25) is 5.95 Å². The number of fused-ring (bicyclic) bond motifs is 2. The summed E-state index contributed by atoms with van der Waals surface area (Å²) in [6, 6.07) is 6.18. The maximum atomic E-state index is 12.3. The highest BCUT2D eigenvalue weighted by molar-refractivity contribution is 5.80. The highest BCUT2D eigenvalue weighted by Gasteiger charge is 2.24. The van der Waals surface area contributed by atoms with Crippen molar-refractivity contribution in [1.82, 2.24) is 24.0 Å². The normalized spacial score (nSPS) is 20.0. The smallest absolute Gasteiger partial charge is 0.345 e. The zero-order chi connectivity index (χ0) is 19.8. The van der Waals surface area contributed by atoms with Crippen LogP contribution in [0, 0.1) is 0 Å². The number of nitrogens with one attached hydrogen (secondary N) is 1. The van der Waals surface area contributed by atoms with Gasteiger partial charge in [-0.1, -0.05) is 0 Å². The van der Waals surface area contributed by atoms with E-state index in [2.05, 4.69) is 25.1 Å². The number of anilines is 1. The van der Waals surface area contributed by atoms with Gasteiger partial charge in [-0.3, -0.25) is 0 Å². The summed E-state index contributed by atoms with van der Waals surface area (Å²) in [5, 5.41) is 7.88. The van der Waals surface area contributed by atoms with Crippen molar-refractivity contribution >= 4 is 17.1 Å². The molecule has 7 nitrogen and oxygen atoms in total. The molecule has 4 aromatic rings. The topological polar surface area (TPSA) is 68.8 Å². The van der Waals surface area contributed by atoms with E-state index in [1.165, 1.54) is 0 Å². The number of nitrogens with zero attached hydrogens (tertiary/aromatic N) is 5. The lowest BCUT2D eigenvalue weighted by Crippen LogP contribution is -2.31. The molecular formula is C20H20F2N6O. The summed E-state index contributed by atoms with van der Waals surface area (Å²) in [7, 11) is 0. The standard InChI is InChI=1S/C20H20F2N6O/c21-19(22)29-15-4-2-14(3-5-15)25-20-24-11-17-16(7-9-28(17)26-20)13-1-6-18-23-8-10-27(18)12-13/h1,6-12,14-15,19H,2-5H2,(H,25,26). The van der Waals surface area contributed by atoms with Crippen LogP contribution in [0.1, 0.15) is 25.7 Å². The Hall–Kier alpha value is -3.07. The lowest BCUT2D eigenvalue weighted by atomic mass is 9.93. The van der Waals surface area contributed by atoms with Gasteiger partial charge in [0.15, 0.2) is 0 Å². The monoisotopic (exact) mass is 398 g/mol. The van der Waals surface area contributed by atoms with Crippen molar-refractivity contribution in [1.29, 1.82) is 0 Å². The molecule has 1 N–H and O–H groups in total. The van der Waals surface area contributed by atoms with Crippen LogP contribution in [0.25, 0.3) is 22.3 Å². The first-order valence-corrected chi connectivity index (χ1v) is 9.63. The minimum atomic E-state index is -2.70. The lowest BCUT2D eigenvalue weighted by molar-refractivity contribution is -0.169. The average Bonchev–Trinajstić information content (AvgIpc) is 3.35. The molecule has 29 heavy (non-hydrogen) atoms. The highest BCUT2D eigenvalue weighted by Crippen LogP contribution is 2.27. The van der Waals surface area contributed by atoms with Gasteiger partial charge >= 0.3 is 6.61 Å². The van der Waals surface area contributed by atoms with E-state index in [0.29, 0.717) is 18.8 Å². The molecule has 4 aromatic heterocycles. The SMILES string of the molecule is FC(F)OC1CCC(Nc2ncc3c(-c4ccc5nccn5c4)ccn3n2)CC1. The Balaban J connectivity index is 1.32. The second kappa shape index (κ2) is 7.40. The second-order valence-electron chi connectivity index (χ2n) is 7.27. The number of hydrogen-bond donors (Lipinski definition) is 1. The van der Waals surface area contributed by atoms with E-state index in [-0.39, 0.29) is 12.1 Å². The van der Waals surface area contributed by atoms with Crippen LogP contribution < -0.4 is 5.32 Å². The predicted molar refractivity (Wildman–Crippen MR) is 104 cm³/mol. The largest absolute Gasteiger partial charge is 0.350 e. The van der Waals surface area contributed by atoms with Crippen LogP contribution in [0.15, 0.2) is 49.2 Å². The molecule has 1 aliphatic carbocycles. The highest BCUT2D eigenvalue weighted by atomic mass is 19.3. The van der Waals surface area contributed by atoms with Crippen LogP contribution in [0.3, 0.4) is 0 Å². The molecule has 150 valence electrons. The first-order valence-electron chi connectivity index (χ1n) is 9.63. The fourth-order valence-corrected chi connectivity index (χ4v) is 3.96. The van der Waals surface area contributed by atoms with Gasteiger partial charge in [0, 0.05) is 42.0 Å². The van der Waals surface area contributed by atoms with Crippen molar-refractivity contribution in [2.24, 2.45) is 0 Å². The number of hydrogen-bond acceptors (Lipinski definition) is 5. The third kappa shape index (κ3) is 3.65. The molecule has 0 aliphatic heterocycles. The molecule has 0 radical (unpaired) electrons. The van der Waals surface area contributed by atoms with Gasteiger partial charge in [-0.05, 0) is 43.9 Å². The van der Waals surface area contributed by atoms with E-state index >= 15 is 0 Å². The van der Waals surface area contributed by atoms with Crippen molar-refractivity contribution in [3.05, 3.63) is 49.2 Å². The maximum Gasteiger partial charge on any atom is 0.345 e. The Kier molecular flexibility index (Phi) is 4.59. The van der Waals surface area contributed by atoms with Gasteiger partial charge in [-0.2, -0.15) is 8.78 Å². The molecule has 4 heterocycles. The third-order valence-electron chi connectivity index (χ3n) is 5.42. The molecule has 0 aromatic carbocycles. The van der Waals surface area contributed by atoms with Gasteiger partial charge in [-0.15, -0.1) is 5.10 Å². The Labute approximate surface area is 165 Å². The fraction of sp³-hybridized carbons (Fsp3) is 0.350. The summed E-state index contributed by atoms with van der Waals surface area (Å²) >= 11 is 0. The zero-order valence-corrected chi connectivity index (χ0v) is 15.6. The molecule has 1 fully saturated rings. The number of ether oxygens (including phenoxy) is 1. The van der Waals surface area contributed by atoms with Crippen molar-refractivity contribution in [2.45, 2.75) is 44.4 Å². The third-order valence-corrected chi connectivity index (χ3v) is 5.42. The molecule has 5 rings (SSSR count). The molecule has 0 saturated heterocycles. The molecule has 1 saturated carbocycles. The lowest BCUT2D eigenvalue weighted by Gasteiger charge is -2.28. The van der Waals surface area contributed by atoms with Crippen LogP contribution in [-0.2, 0) is 4.74 Å². The molecule has 0 atom stereocenters. The Morgan fingerprint density at radius 1 is 1.07 bits per heavy atom. The molecule has 0 spiro atoms. The van der Waals surface area contributed by atoms with Gasteiger partial charge in [-0.25, -0.2) is 14.5 Å². The molecule has 1 aliphatic rings. The summed E-state index contributed by atoms with van der Waals surface area (Å²) in [4.78, 5) is 8.73. The average molecular weight is 398 g/mol. The van der Waals surface area contributed by atoms with Crippen LogP contribution in [-0.4, -0.2) is 42.7 Å². The zero-order valence-electron chi connectivity index (χ0n) is 15.6. The number of pyridine rings is 1. The minimum Gasteiger partial charge on any atom is -0.350 e. The number of halogens is 2. The second-order valence-corrected chi connectivity index (χ2v) is 7.27. The van der Waals surface area contributed by atoms with E-state index in [1.807, 2.05) is 41.2 Å². The molecule has 0 unspecified atom stereocenters. The van der Waals surface area contributed by atoms with Crippen molar-refractivity contribution in [2.75, 3.05) is 5.32 Å². The van der Waals surface area contributed by atoms with E-state index in [0.717, 1.165) is 35.1 Å². The summed E-state index contributed by atoms with van der Waals surface area (Å²) in [5.74, 6) is 0.530. The first-order chi connectivity index (χ1) is 14.2. The molecule has 9 heteroatoms. The molecule has 0 bridgehead atoms. The summed E-state index contributed by atoms with van der Waals surface area (Å²) in [5.41, 5.74) is 3.90. The summed E-state index contributed by atoms with van der Waals surface area (Å²) in [6.07, 6.45) is 11.8. The van der Waals surface area contributed by atoms with Crippen LogP contribution in [0.4, 0.5) is 14.7 Å². The van der Waals surface area contributed by atoms with Gasteiger partial charge in [0.05, 0.1) is 17.8 Å². The summed E-state index contributed by atoms with van der Waals surface area (Å²) < 4.78 is 33.1. The Morgan fingerprint density at radius 2 is 1.93 bits per heavy atom. The number of aromatic nitrogens is 5. The number of rotatable bonds is 5. The van der Waals surface area contributed by atoms with Crippen LogP contribution in [0.5, 0.6) is 0 Å². The van der Waals surface area contributed by atoms with Gasteiger partial charge in [0.25, 0.3) is 0 Å². The first kappa shape index (κ1) is 18.0. The van der Waals surface area contributed by atoms with Crippen LogP contribution >= 0.6 is 0 Å². The number of imidazole rings is 1. The minimum absolute atomic E-state index is 0.156. The van der Waals surface area contributed by atoms with Crippen molar-refractivity contribution in [3.63, 3.8) is 0 Å². The Morgan fingerprint density at radius 3 is 2.76 bits per heavy atom. The van der Waals surface area contributed by atoms with E-state index < -0.39 is 6.61 Å². The van der Waals surface area contributed by atoms with E-state index in [1.54, 1.807) is 16.9 Å². The quantitative estimate of drug-likeness (QED) is 0.550. The van der Waals surface area contributed by atoms with E-state index in [9.17, 15) is 8.78 Å². The number of alkyl halides is 2. The van der Waals surface area contributed by atoms with Crippen molar-refractivity contribution in [3.8, 4) is 11.1 Å². The predicted octanol–water partition coefficient (Wildman–Crippen LogP) is 4.01. The molecule has 0 amide bonds. The summed E-state index contributed by atoms with van der Waals surface area (Å²) in [6.45, 7) is -2.70. The Bertz CT molecular complexity index is 1130. The van der Waals surface area contributed by atoms with Crippen molar-refractivity contribution < 1.29 is 13.5 Å².